The molecule has 0 radical (unpaired) electrons. The number of rotatable bonds is 7. The number of nitrogens with zero attached hydrogens (tertiary/aromatic N) is 3. The first-order chi connectivity index (χ1) is 15.2. The van der Waals surface area contributed by atoms with Gasteiger partial charge in [-0.15, -0.1) is 0 Å². The molecular formula is C27H28N4. The van der Waals surface area contributed by atoms with Crippen molar-refractivity contribution in [2.75, 3.05) is 4.90 Å². The first-order valence-corrected chi connectivity index (χ1v) is 10.8. The molecule has 0 bridgehead atoms. The topological polar surface area (TPSA) is 55.0 Å². The van der Waals surface area contributed by atoms with Crippen LogP contribution in [0.1, 0.15) is 32.3 Å². The third-order valence-electron chi connectivity index (χ3n) is 5.96. The number of aromatic nitrogens is 2. The van der Waals surface area contributed by atoms with Crippen LogP contribution < -0.4 is 10.6 Å². The maximum atomic E-state index is 7.00. The number of anilines is 3. The Kier molecular flexibility index (Phi) is 6.10. The van der Waals surface area contributed by atoms with E-state index >= 15 is 0 Å². The summed E-state index contributed by atoms with van der Waals surface area (Å²) in [5.74, 6) is 0. The van der Waals surface area contributed by atoms with Crippen LogP contribution in [0.5, 0.6) is 0 Å². The number of nitrogens with two attached hydrogens (primary N) is 1. The summed E-state index contributed by atoms with van der Waals surface area (Å²) in [6.07, 6.45) is 6.91. The van der Waals surface area contributed by atoms with Crippen molar-refractivity contribution in [1.29, 1.82) is 0 Å². The van der Waals surface area contributed by atoms with Gasteiger partial charge in [0.2, 0.25) is 0 Å². The second-order valence-corrected chi connectivity index (χ2v) is 7.73. The van der Waals surface area contributed by atoms with Crippen LogP contribution in [0, 0.1) is 0 Å². The zero-order valence-corrected chi connectivity index (χ0v) is 18.1. The van der Waals surface area contributed by atoms with Crippen LogP contribution in [0.15, 0.2) is 97.6 Å². The van der Waals surface area contributed by atoms with Crippen molar-refractivity contribution in [1.82, 2.24) is 9.97 Å². The van der Waals surface area contributed by atoms with E-state index in [-0.39, 0.29) is 0 Å². The van der Waals surface area contributed by atoms with Gasteiger partial charge < -0.3 is 10.6 Å². The average Bonchev–Trinajstić information content (AvgIpc) is 2.86. The van der Waals surface area contributed by atoms with Crippen LogP contribution in [0.4, 0.5) is 17.1 Å². The normalized spacial score (nSPS) is 11.3. The van der Waals surface area contributed by atoms with Gasteiger partial charge in [0, 0.05) is 34.9 Å². The Hall–Kier alpha value is -3.50. The molecule has 3 aromatic carbocycles. The quantitative estimate of drug-likeness (QED) is 0.375. The highest BCUT2D eigenvalue weighted by Crippen LogP contribution is 2.42. The van der Waals surface area contributed by atoms with Crippen molar-refractivity contribution in [3.63, 3.8) is 0 Å². The monoisotopic (exact) mass is 408 g/mol. The SMILES string of the molecule is CCC(N)(CC)c1cc(-c2cncnc2)ccc1N(c1ccccc1)c1ccccc1. The van der Waals surface area contributed by atoms with Gasteiger partial charge in [0.05, 0.1) is 5.69 Å². The predicted octanol–water partition coefficient (Wildman–Crippen LogP) is 6.59. The summed E-state index contributed by atoms with van der Waals surface area (Å²) < 4.78 is 0. The van der Waals surface area contributed by atoms with Crippen molar-refractivity contribution < 1.29 is 0 Å². The van der Waals surface area contributed by atoms with Gasteiger partial charge in [-0.1, -0.05) is 56.3 Å². The molecule has 2 N–H and O–H groups in total. The molecule has 0 unspecified atom stereocenters. The zero-order valence-electron chi connectivity index (χ0n) is 18.1. The van der Waals surface area contributed by atoms with Crippen LogP contribution >= 0.6 is 0 Å². The molecule has 0 spiro atoms. The van der Waals surface area contributed by atoms with Crippen LogP contribution in [0.25, 0.3) is 11.1 Å². The molecule has 4 aromatic rings. The minimum Gasteiger partial charge on any atom is -0.321 e. The number of hydrogen-bond acceptors (Lipinski definition) is 4. The highest BCUT2D eigenvalue weighted by atomic mass is 15.1. The summed E-state index contributed by atoms with van der Waals surface area (Å²) in [6.45, 7) is 4.31. The fourth-order valence-electron chi connectivity index (χ4n) is 3.97. The third-order valence-corrected chi connectivity index (χ3v) is 5.96. The van der Waals surface area contributed by atoms with E-state index in [0.29, 0.717) is 0 Å². The largest absolute Gasteiger partial charge is 0.321 e. The molecule has 4 nitrogen and oxygen atoms in total. The van der Waals surface area contributed by atoms with Gasteiger partial charge in [0.25, 0.3) is 0 Å². The summed E-state index contributed by atoms with van der Waals surface area (Å²) in [7, 11) is 0. The molecule has 1 heterocycles. The fourth-order valence-corrected chi connectivity index (χ4v) is 3.97. The Morgan fingerprint density at radius 1 is 0.742 bits per heavy atom. The van der Waals surface area contributed by atoms with Gasteiger partial charge in [0.1, 0.15) is 6.33 Å². The van der Waals surface area contributed by atoms with Crippen LogP contribution in [-0.2, 0) is 5.54 Å². The Morgan fingerprint density at radius 2 is 1.29 bits per heavy atom. The highest BCUT2D eigenvalue weighted by molar-refractivity contribution is 5.81. The summed E-state index contributed by atoms with van der Waals surface area (Å²) in [4.78, 5) is 10.7. The lowest BCUT2D eigenvalue weighted by molar-refractivity contribution is 0.414. The average molecular weight is 409 g/mol. The molecule has 0 aliphatic carbocycles. The molecule has 0 atom stereocenters. The number of hydrogen-bond donors (Lipinski definition) is 1. The van der Waals surface area contributed by atoms with Gasteiger partial charge >= 0.3 is 0 Å². The van der Waals surface area contributed by atoms with E-state index in [0.717, 1.165) is 46.6 Å². The van der Waals surface area contributed by atoms with E-state index in [1.54, 1.807) is 6.33 Å². The minimum atomic E-state index is -0.456. The molecule has 31 heavy (non-hydrogen) atoms. The third kappa shape index (κ3) is 4.21. The van der Waals surface area contributed by atoms with E-state index in [4.69, 9.17) is 5.73 Å². The molecule has 4 rings (SSSR count). The summed E-state index contributed by atoms with van der Waals surface area (Å²) >= 11 is 0. The summed E-state index contributed by atoms with van der Waals surface area (Å²) in [5.41, 5.74) is 13.0. The number of para-hydroxylation sites is 2. The first-order valence-electron chi connectivity index (χ1n) is 10.8. The van der Waals surface area contributed by atoms with Crippen LogP contribution in [0.3, 0.4) is 0 Å². The lowest BCUT2D eigenvalue weighted by Gasteiger charge is -2.35. The predicted molar refractivity (Wildman–Crippen MR) is 129 cm³/mol. The molecular weight excluding hydrogens is 380 g/mol. The molecule has 4 heteroatoms. The van der Waals surface area contributed by atoms with Crippen molar-refractivity contribution >= 4 is 17.1 Å². The molecule has 0 aliphatic rings. The Balaban J connectivity index is 1.96. The smallest absolute Gasteiger partial charge is 0.115 e. The highest BCUT2D eigenvalue weighted by Gasteiger charge is 2.29. The molecule has 156 valence electrons. The lowest BCUT2D eigenvalue weighted by atomic mass is 9.83. The van der Waals surface area contributed by atoms with Crippen LogP contribution in [-0.4, -0.2) is 9.97 Å². The molecule has 1 aromatic heterocycles. The van der Waals surface area contributed by atoms with Crippen LogP contribution in [0.2, 0.25) is 0 Å². The second-order valence-electron chi connectivity index (χ2n) is 7.73. The second kappa shape index (κ2) is 9.11. The van der Waals surface area contributed by atoms with Gasteiger partial charge in [-0.2, -0.15) is 0 Å². The van der Waals surface area contributed by atoms with E-state index in [1.807, 2.05) is 24.5 Å². The molecule has 0 saturated heterocycles. The Morgan fingerprint density at radius 3 is 1.81 bits per heavy atom. The van der Waals surface area contributed by atoms with Gasteiger partial charge in [-0.25, -0.2) is 9.97 Å². The molecule has 0 saturated carbocycles. The van der Waals surface area contributed by atoms with Gasteiger partial charge in [0.15, 0.2) is 0 Å². The van der Waals surface area contributed by atoms with E-state index in [9.17, 15) is 0 Å². The van der Waals surface area contributed by atoms with Crippen molar-refractivity contribution in [2.24, 2.45) is 5.73 Å². The van der Waals surface area contributed by atoms with Crippen molar-refractivity contribution in [2.45, 2.75) is 32.2 Å². The molecule has 0 amide bonds. The van der Waals surface area contributed by atoms with Crippen molar-refractivity contribution in [3.8, 4) is 11.1 Å². The lowest BCUT2D eigenvalue weighted by Crippen LogP contribution is -2.36. The van der Waals surface area contributed by atoms with E-state index in [2.05, 4.69) is 95.4 Å². The molecule has 0 aliphatic heterocycles. The van der Waals surface area contributed by atoms with Gasteiger partial charge in [-0.3, -0.25) is 0 Å². The first kappa shape index (κ1) is 20.8. The van der Waals surface area contributed by atoms with E-state index < -0.39 is 5.54 Å². The maximum Gasteiger partial charge on any atom is 0.115 e. The maximum absolute atomic E-state index is 7.00. The van der Waals surface area contributed by atoms with Gasteiger partial charge in [-0.05, 0) is 60.4 Å². The Labute approximate surface area is 184 Å². The summed E-state index contributed by atoms with van der Waals surface area (Å²) in [6, 6.07) is 27.4. The zero-order chi connectivity index (χ0) is 21.7. The summed E-state index contributed by atoms with van der Waals surface area (Å²) in [5, 5.41) is 0. The number of benzene rings is 3. The molecule has 0 fully saturated rings. The van der Waals surface area contributed by atoms with E-state index in [1.165, 1.54) is 0 Å². The Bertz CT molecular complexity index is 1070. The standard InChI is InChI=1S/C27H28N4/c1-3-27(28,4-2)25-17-21(22-18-29-20-30-19-22)15-16-26(25)31(23-11-7-5-8-12-23)24-13-9-6-10-14-24/h5-20H,3-4,28H2,1-2H3. The van der Waals surface area contributed by atoms with Crippen molar-refractivity contribution in [3.05, 3.63) is 103 Å². The fraction of sp³-hybridized carbons (Fsp3) is 0.185. The minimum absolute atomic E-state index is 0.456.